The number of benzene rings is 1. The Bertz CT molecular complexity index is 647. The fraction of sp³-hybridized carbons (Fsp3) is 0.222. The summed E-state index contributed by atoms with van der Waals surface area (Å²) in [6.45, 7) is 0. The molecule has 0 aliphatic rings. The van der Waals surface area contributed by atoms with Gasteiger partial charge in [-0.2, -0.15) is 26.3 Å². The normalized spacial score (nSPS) is 13.3. The minimum absolute atomic E-state index is 0.199. The van der Waals surface area contributed by atoms with Crippen LogP contribution in [-0.4, -0.2) is 14.7 Å². The van der Waals surface area contributed by atoms with E-state index in [-0.39, 0.29) is 18.4 Å². The third-order valence-corrected chi connectivity index (χ3v) is 3.16. The van der Waals surface area contributed by atoms with Gasteiger partial charge >= 0.3 is 12.4 Å². The number of carbonyl (C=O) groups is 1. The van der Waals surface area contributed by atoms with Gasteiger partial charge in [0, 0.05) is 5.56 Å². The number of primary sulfonamides is 1. The summed E-state index contributed by atoms with van der Waals surface area (Å²) in [5, 5.41) is 4.57. The Morgan fingerprint density at radius 2 is 1.35 bits per heavy atom. The Hall–Kier alpha value is -1.62. The van der Waals surface area contributed by atoms with Crippen molar-refractivity contribution in [1.29, 1.82) is 0 Å². The van der Waals surface area contributed by atoms with E-state index in [1.807, 2.05) is 0 Å². The fourth-order valence-electron chi connectivity index (χ4n) is 1.40. The highest BCUT2D eigenvalue weighted by atomic mass is 32.2. The van der Waals surface area contributed by atoms with E-state index in [1.165, 1.54) is 0 Å². The van der Waals surface area contributed by atoms with E-state index in [9.17, 15) is 39.6 Å². The maximum atomic E-state index is 12.6. The van der Waals surface area contributed by atoms with E-state index in [1.54, 1.807) is 0 Å². The van der Waals surface area contributed by atoms with Crippen LogP contribution in [0.2, 0.25) is 0 Å². The van der Waals surface area contributed by atoms with E-state index >= 15 is 0 Å². The van der Waals surface area contributed by atoms with Crippen LogP contribution >= 0.6 is 0 Å². The number of nitrogens with two attached hydrogens (primary N) is 1. The van der Waals surface area contributed by atoms with Crippen molar-refractivity contribution in [3.05, 3.63) is 28.8 Å². The van der Waals surface area contributed by atoms with Crippen LogP contribution in [0, 0.1) is 0 Å². The van der Waals surface area contributed by atoms with Crippen molar-refractivity contribution < 1.29 is 39.6 Å². The summed E-state index contributed by atoms with van der Waals surface area (Å²) in [7, 11) is -4.79. The number of aldehydes is 1. The van der Waals surface area contributed by atoms with Crippen LogP contribution in [0.15, 0.2) is 17.0 Å². The van der Waals surface area contributed by atoms with E-state index in [2.05, 4.69) is 5.14 Å². The lowest BCUT2D eigenvalue weighted by molar-refractivity contribution is -0.162. The van der Waals surface area contributed by atoms with Crippen LogP contribution in [-0.2, 0) is 22.4 Å². The molecule has 1 aromatic carbocycles. The number of hydrogen-bond donors (Lipinski definition) is 1. The molecule has 0 radical (unpaired) electrons. The SMILES string of the molecule is NS(=O)(=O)c1cc(C(F)(F)F)c(C(F)(F)F)cc1C=O. The van der Waals surface area contributed by atoms with Gasteiger partial charge in [0.1, 0.15) is 0 Å². The Labute approximate surface area is 108 Å². The molecular weight excluding hydrogens is 316 g/mol. The summed E-state index contributed by atoms with van der Waals surface area (Å²) < 4.78 is 97.3. The molecule has 0 heterocycles. The van der Waals surface area contributed by atoms with Gasteiger partial charge in [-0.1, -0.05) is 0 Å². The van der Waals surface area contributed by atoms with E-state index in [0.29, 0.717) is 0 Å². The smallest absolute Gasteiger partial charge is 0.298 e. The second kappa shape index (κ2) is 4.74. The molecule has 0 saturated heterocycles. The molecule has 112 valence electrons. The van der Waals surface area contributed by atoms with Crippen molar-refractivity contribution in [2.24, 2.45) is 5.14 Å². The van der Waals surface area contributed by atoms with Crippen molar-refractivity contribution in [2.75, 3.05) is 0 Å². The Balaban J connectivity index is 3.86. The molecule has 0 atom stereocenters. The minimum Gasteiger partial charge on any atom is -0.298 e. The minimum atomic E-state index is -5.47. The number of hydrogen-bond acceptors (Lipinski definition) is 3. The van der Waals surface area contributed by atoms with Crippen LogP contribution in [0.3, 0.4) is 0 Å². The lowest BCUT2D eigenvalue weighted by Gasteiger charge is -2.17. The maximum absolute atomic E-state index is 12.6. The third kappa shape index (κ3) is 3.28. The van der Waals surface area contributed by atoms with Gasteiger partial charge in [0.2, 0.25) is 10.0 Å². The number of carbonyl (C=O) groups excluding carboxylic acids is 1. The molecule has 0 aromatic heterocycles. The molecule has 11 heteroatoms. The fourth-order valence-corrected chi connectivity index (χ4v) is 2.12. The summed E-state index contributed by atoms with van der Waals surface area (Å²) >= 11 is 0. The topological polar surface area (TPSA) is 77.2 Å². The van der Waals surface area contributed by atoms with Crippen molar-refractivity contribution in [2.45, 2.75) is 17.2 Å². The van der Waals surface area contributed by atoms with Gasteiger partial charge in [-0.25, -0.2) is 13.6 Å². The molecule has 0 amide bonds. The van der Waals surface area contributed by atoms with E-state index in [4.69, 9.17) is 0 Å². The highest BCUT2D eigenvalue weighted by Crippen LogP contribution is 2.41. The first-order valence-electron chi connectivity index (χ1n) is 4.59. The molecular formula is C9H5F6NO3S. The first kappa shape index (κ1) is 16.4. The van der Waals surface area contributed by atoms with Gasteiger partial charge in [-0.05, 0) is 12.1 Å². The molecule has 1 rings (SSSR count). The van der Waals surface area contributed by atoms with Crippen molar-refractivity contribution in [1.82, 2.24) is 0 Å². The van der Waals surface area contributed by atoms with Gasteiger partial charge < -0.3 is 0 Å². The summed E-state index contributed by atoms with van der Waals surface area (Å²) in [5.41, 5.74) is -5.51. The molecule has 0 saturated carbocycles. The Morgan fingerprint density at radius 3 is 1.65 bits per heavy atom. The largest absolute Gasteiger partial charge is 0.417 e. The summed E-state index contributed by atoms with van der Waals surface area (Å²) in [6.07, 6.45) is -11.2. The monoisotopic (exact) mass is 321 g/mol. The average Bonchev–Trinajstić information content (AvgIpc) is 2.23. The second-order valence-corrected chi connectivity index (χ2v) is 5.12. The standard InChI is InChI=1S/C9H5F6NO3S/c10-8(11,12)5-1-4(3-17)7(20(16,18)19)2-6(5)9(13,14)15/h1-3H,(H2,16,18,19). The molecule has 2 N–H and O–H groups in total. The molecule has 0 bridgehead atoms. The predicted octanol–water partition coefficient (Wildman–Crippen LogP) is 2.18. The molecule has 4 nitrogen and oxygen atoms in total. The highest BCUT2D eigenvalue weighted by Gasteiger charge is 2.44. The van der Waals surface area contributed by atoms with Gasteiger partial charge in [0.25, 0.3) is 0 Å². The van der Waals surface area contributed by atoms with Crippen molar-refractivity contribution >= 4 is 16.3 Å². The predicted molar refractivity (Wildman–Crippen MR) is 53.2 cm³/mol. The lowest BCUT2D eigenvalue weighted by atomic mass is 10.0. The highest BCUT2D eigenvalue weighted by molar-refractivity contribution is 7.89. The Morgan fingerprint density at radius 1 is 0.950 bits per heavy atom. The number of halogens is 6. The summed E-state index contributed by atoms with van der Waals surface area (Å²) in [4.78, 5) is 9.22. The molecule has 0 spiro atoms. The van der Waals surface area contributed by atoms with Crippen LogP contribution in [0.25, 0.3) is 0 Å². The first-order chi connectivity index (χ1) is 8.78. The van der Waals surface area contributed by atoms with Crippen LogP contribution < -0.4 is 5.14 Å². The van der Waals surface area contributed by atoms with Gasteiger partial charge in [-0.15, -0.1) is 0 Å². The zero-order valence-corrected chi connectivity index (χ0v) is 10.0. The number of sulfonamides is 1. The van der Waals surface area contributed by atoms with Crippen molar-refractivity contribution in [3.63, 3.8) is 0 Å². The quantitative estimate of drug-likeness (QED) is 0.670. The van der Waals surface area contributed by atoms with E-state index < -0.39 is 44.0 Å². The molecule has 0 fully saturated rings. The summed E-state index contributed by atoms with van der Waals surface area (Å²) in [5.74, 6) is 0. The average molecular weight is 321 g/mol. The number of alkyl halides is 6. The zero-order chi connectivity index (χ0) is 15.9. The molecule has 0 aliphatic carbocycles. The first-order valence-corrected chi connectivity index (χ1v) is 6.13. The van der Waals surface area contributed by atoms with Gasteiger partial charge in [0.15, 0.2) is 6.29 Å². The van der Waals surface area contributed by atoms with Crippen LogP contribution in [0.4, 0.5) is 26.3 Å². The maximum Gasteiger partial charge on any atom is 0.417 e. The van der Waals surface area contributed by atoms with Crippen LogP contribution in [0.5, 0.6) is 0 Å². The van der Waals surface area contributed by atoms with Crippen molar-refractivity contribution in [3.8, 4) is 0 Å². The van der Waals surface area contributed by atoms with E-state index in [0.717, 1.165) is 0 Å². The third-order valence-electron chi connectivity index (χ3n) is 2.19. The molecule has 0 unspecified atom stereocenters. The van der Waals surface area contributed by atoms with Crippen LogP contribution in [0.1, 0.15) is 21.5 Å². The van der Waals surface area contributed by atoms with Gasteiger partial charge in [-0.3, -0.25) is 4.79 Å². The lowest BCUT2D eigenvalue weighted by Crippen LogP contribution is -2.21. The van der Waals surface area contributed by atoms with Gasteiger partial charge in [0.05, 0.1) is 16.0 Å². The number of rotatable bonds is 2. The zero-order valence-electron chi connectivity index (χ0n) is 9.21. The Kier molecular flexibility index (Phi) is 3.89. The molecule has 0 aliphatic heterocycles. The summed E-state index contributed by atoms with van der Waals surface area (Å²) in [6, 6.07) is -0.503. The molecule has 20 heavy (non-hydrogen) atoms. The second-order valence-electron chi connectivity index (χ2n) is 3.59. The molecule has 1 aromatic rings.